The van der Waals surface area contributed by atoms with Gasteiger partial charge >= 0.3 is 5.69 Å². The van der Waals surface area contributed by atoms with Crippen LogP contribution in [0.2, 0.25) is 0 Å². The summed E-state index contributed by atoms with van der Waals surface area (Å²) in [6.45, 7) is -0.463. The van der Waals surface area contributed by atoms with Crippen molar-refractivity contribution in [1.82, 2.24) is 0 Å². The Balaban J connectivity index is 2.13. The molecule has 0 aliphatic rings. The fraction of sp³-hybridized carbons (Fsp3) is 0.143. The van der Waals surface area contributed by atoms with E-state index in [0.29, 0.717) is 5.56 Å². The lowest BCUT2D eigenvalue weighted by molar-refractivity contribution is -0.387. The van der Waals surface area contributed by atoms with Crippen LogP contribution >= 0.6 is 0 Å². The van der Waals surface area contributed by atoms with E-state index in [1.165, 1.54) is 18.2 Å². The fourth-order valence-electron chi connectivity index (χ4n) is 1.76. The van der Waals surface area contributed by atoms with Crippen LogP contribution in [0.25, 0.3) is 0 Å². The number of aliphatic hydroxyl groups is 1. The van der Waals surface area contributed by atoms with Gasteiger partial charge in [0.05, 0.1) is 11.5 Å². The highest BCUT2D eigenvalue weighted by atomic mass is 19.1. The van der Waals surface area contributed by atoms with Gasteiger partial charge in [-0.3, -0.25) is 10.1 Å². The lowest BCUT2D eigenvalue weighted by atomic mass is 10.2. The molecule has 0 radical (unpaired) electrons. The first-order valence-electron chi connectivity index (χ1n) is 5.96. The summed E-state index contributed by atoms with van der Waals surface area (Å²) < 4.78 is 31.8. The zero-order chi connectivity index (χ0) is 15.4. The molecule has 2 aromatic rings. The van der Waals surface area contributed by atoms with Crippen LogP contribution < -0.4 is 4.74 Å². The highest BCUT2D eigenvalue weighted by Crippen LogP contribution is 2.22. The number of rotatable bonds is 5. The second-order valence-electron chi connectivity index (χ2n) is 4.24. The molecule has 0 heterocycles. The highest BCUT2D eigenvalue weighted by molar-refractivity contribution is 5.36. The minimum Gasteiger partial charge on any atom is -0.489 e. The van der Waals surface area contributed by atoms with Crippen molar-refractivity contribution in [3.63, 3.8) is 0 Å². The maximum atomic E-state index is 13.4. The molecule has 2 aromatic carbocycles. The predicted octanol–water partition coefficient (Wildman–Crippen LogP) is 2.94. The normalized spacial score (nSPS) is 10.4. The van der Waals surface area contributed by atoms with Crippen LogP contribution in [0.3, 0.4) is 0 Å². The Kier molecular flexibility index (Phi) is 4.44. The Morgan fingerprint density at radius 3 is 2.57 bits per heavy atom. The van der Waals surface area contributed by atoms with Gasteiger partial charge in [0.15, 0.2) is 0 Å². The van der Waals surface area contributed by atoms with Gasteiger partial charge in [-0.05, 0) is 35.9 Å². The van der Waals surface area contributed by atoms with Gasteiger partial charge < -0.3 is 9.84 Å². The number of hydrogen-bond acceptors (Lipinski definition) is 4. The minimum atomic E-state index is -0.956. The smallest absolute Gasteiger partial charge is 0.304 e. The maximum absolute atomic E-state index is 13.4. The molecule has 0 saturated heterocycles. The number of nitro benzene ring substituents is 1. The van der Waals surface area contributed by atoms with Crippen LogP contribution in [0, 0.1) is 21.7 Å². The third kappa shape index (κ3) is 3.51. The van der Waals surface area contributed by atoms with Crippen molar-refractivity contribution in [3.05, 3.63) is 69.3 Å². The molecule has 0 aliphatic heterocycles. The van der Waals surface area contributed by atoms with Crippen LogP contribution in [0.4, 0.5) is 14.5 Å². The average molecular weight is 295 g/mol. The standard InChI is InChI=1S/C14H11F2NO4/c15-11-2-4-14(10(6-11)7-18)21-8-9-1-3-13(17(19)20)12(16)5-9/h1-6,18H,7-8H2. The number of nitrogens with zero attached hydrogens (tertiary/aromatic N) is 1. The lowest BCUT2D eigenvalue weighted by Gasteiger charge is -2.10. The van der Waals surface area contributed by atoms with Crippen LogP contribution in [-0.2, 0) is 13.2 Å². The molecule has 0 aliphatic carbocycles. The maximum Gasteiger partial charge on any atom is 0.304 e. The van der Waals surface area contributed by atoms with Crippen LogP contribution in [0.1, 0.15) is 11.1 Å². The average Bonchev–Trinajstić information content (AvgIpc) is 2.45. The monoisotopic (exact) mass is 295 g/mol. The van der Waals surface area contributed by atoms with E-state index >= 15 is 0 Å². The summed E-state index contributed by atoms with van der Waals surface area (Å²) >= 11 is 0. The van der Waals surface area contributed by atoms with Crippen molar-refractivity contribution in [2.45, 2.75) is 13.2 Å². The molecule has 110 valence electrons. The van der Waals surface area contributed by atoms with Gasteiger partial charge in [0.25, 0.3) is 0 Å². The summed E-state index contributed by atoms with van der Waals surface area (Å²) in [6.07, 6.45) is 0. The molecule has 0 atom stereocenters. The summed E-state index contributed by atoms with van der Waals surface area (Å²) in [7, 11) is 0. The third-order valence-corrected chi connectivity index (χ3v) is 2.80. The second-order valence-corrected chi connectivity index (χ2v) is 4.24. The number of halogens is 2. The van der Waals surface area contributed by atoms with Crippen LogP contribution in [0.15, 0.2) is 36.4 Å². The first-order chi connectivity index (χ1) is 10.0. The Morgan fingerprint density at radius 1 is 1.19 bits per heavy atom. The first kappa shape index (κ1) is 14.9. The van der Waals surface area contributed by atoms with Crippen molar-refractivity contribution in [1.29, 1.82) is 0 Å². The van der Waals surface area contributed by atoms with E-state index in [1.807, 2.05) is 0 Å². The molecule has 0 spiro atoms. The summed E-state index contributed by atoms with van der Waals surface area (Å²) in [6, 6.07) is 7.06. The van der Waals surface area contributed by atoms with Crippen molar-refractivity contribution < 1.29 is 23.5 Å². The first-order valence-corrected chi connectivity index (χ1v) is 5.96. The molecule has 7 heteroatoms. The third-order valence-electron chi connectivity index (χ3n) is 2.80. The van der Waals surface area contributed by atoms with Gasteiger partial charge in [0.2, 0.25) is 5.82 Å². The molecule has 5 nitrogen and oxygen atoms in total. The number of hydrogen-bond donors (Lipinski definition) is 1. The molecule has 0 unspecified atom stereocenters. The Bertz CT molecular complexity index is 676. The van der Waals surface area contributed by atoms with Crippen molar-refractivity contribution >= 4 is 5.69 Å². The molecule has 1 N–H and O–H groups in total. The van der Waals surface area contributed by atoms with E-state index in [9.17, 15) is 18.9 Å². The zero-order valence-corrected chi connectivity index (χ0v) is 10.8. The zero-order valence-electron chi connectivity index (χ0n) is 10.8. The van der Waals surface area contributed by atoms with Crippen molar-refractivity contribution in [3.8, 4) is 5.75 Å². The molecular formula is C14H11F2NO4. The lowest BCUT2D eigenvalue weighted by Crippen LogP contribution is -2.01. The van der Waals surface area contributed by atoms with E-state index in [2.05, 4.69) is 0 Å². The Hall–Kier alpha value is -2.54. The van der Waals surface area contributed by atoms with E-state index in [0.717, 1.165) is 18.2 Å². The highest BCUT2D eigenvalue weighted by Gasteiger charge is 2.14. The van der Waals surface area contributed by atoms with Crippen LogP contribution in [-0.4, -0.2) is 10.0 Å². The number of aliphatic hydroxyl groups excluding tert-OH is 1. The van der Waals surface area contributed by atoms with E-state index < -0.39 is 28.9 Å². The van der Waals surface area contributed by atoms with Gasteiger partial charge in [-0.1, -0.05) is 0 Å². The minimum absolute atomic E-state index is 0.0620. The van der Waals surface area contributed by atoms with E-state index in [1.54, 1.807) is 0 Å². The molecule has 0 fully saturated rings. The summed E-state index contributed by atoms with van der Waals surface area (Å²) in [4.78, 5) is 9.68. The largest absolute Gasteiger partial charge is 0.489 e. The molecular weight excluding hydrogens is 284 g/mol. The van der Waals surface area contributed by atoms with E-state index in [4.69, 9.17) is 9.84 Å². The summed E-state index contributed by atoms with van der Waals surface area (Å²) in [5, 5.41) is 19.6. The molecule has 21 heavy (non-hydrogen) atoms. The second kappa shape index (κ2) is 6.27. The van der Waals surface area contributed by atoms with E-state index in [-0.39, 0.29) is 17.9 Å². The van der Waals surface area contributed by atoms with Crippen LogP contribution in [0.5, 0.6) is 5.75 Å². The predicted molar refractivity (Wildman–Crippen MR) is 69.7 cm³/mol. The Morgan fingerprint density at radius 2 is 1.95 bits per heavy atom. The van der Waals surface area contributed by atoms with Gasteiger partial charge in [0, 0.05) is 11.6 Å². The van der Waals surface area contributed by atoms with Gasteiger partial charge in [-0.2, -0.15) is 4.39 Å². The molecule has 2 rings (SSSR count). The Labute approximate surface area is 118 Å². The molecule has 0 aromatic heterocycles. The fourth-order valence-corrected chi connectivity index (χ4v) is 1.76. The van der Waals surface area contributed by atoms with Gasteiger partial charge in [-0.15, -0.1) is 0 Å². The topological polar surface area (TPSA) is 72.6 Å². The number of nitro groups is 1. The molecule has 0 bridgehead atoms. The SMILES string of the molecule is O=[N+]([O-])c1ccc(COc2ccc(F)cc2CO)cc1F. The van der Waals surface area contributed by atoms with Gasteiger partial charge in [0.1, 0.15) is 18.2 Å². The summed E-state index contributed by atoms with van der Waals surface area (Å²) in [5.41, 5.74) is 0.0280. The van der Waals surface area contributed by atoms with Crippen molar-refractivity contribution in [2.75, 3.05) is 0 Å². The number of ether oxygens (including phenoxy) is 1. The summed E-state index contributed by atoms with van der Waals surface area (Å²) in [5.74, 6) is -1.20. The van der Waals surface area contributed by atoms with Gasteiger partial charge in [-0.25, -0.2) is 4.39 Å². The molecule has 0 amide bonds. The van der Waals surface area contributed by atoms with Crippen molar-refractivity contribution in [2.24, 2.45) is 0 Å². The number of benzene rings is 2. The molecule has 0 saturated carbocycles. The quantitative estimate of drug-likeness (QED) is 0.680.